The first-order chi connectivity index (χ1) is 14.6. The Kier molecular flexibility index (Phi) is 5.50. The van der Waals surface area contributed by atoms with E-state index in [1.54, 1.807) is 36.4 Å². The number of anilines is 1. The normalized spacial score (nSPS) is 10.4. The number of carbonyl (C=O) groups is 2. The Morgan fingerprint density at radius 1 is 1.00 bits per heavy atom. The van der Waals surface area contributed by atoms with E-state index in [4.69, 9.17) is 10.00 Å². The summed E-state index contributed by atoms with van der Waals surface area (Å²) in [6, 6.07) is 23.2. The molecule has 6 nitrogen and oxygen atoms in total. The highest BCUT2D eigenvalue weighted by molar-refractivity contribution is 7.21. The standard InChI is InChI=1S/C23H15N3O3S/c24-13-15-9-11-16(12-10-15)25-21(27)14-29-23(28)18-6-2-1-5-17(18)22-26-19-7-3-4-8-20(19)30-22/h1-12H,14H2,(H,25,27). The van der Waals surface area contributed by atoms with Crippen molar-refractivity contribution in [1.29, 1.82) is 5.26 Å². The molecule has 3 aromatic carbocycles. The molecule has 0 aliphatic carbocycles. The van der Waals surface area contributed by atoms with Gasteiger partial charge in [-0.15, -0.1) is 11.3 Å². The highest BCUT2D eigenvalue weighted by Crippen LogP contribution is 2.32. The number of nitriles is 1. The molecule has 1 amide bonds. The van der Waals surface area contributed by atoms with Crippen molar-refractivity contribution in [2.75, 3.05) is 11.9 Å². The number of aromatic nitrogens is 1. The molecule has 0 spiro atoms. The van der Waals surface area contributed by atoms with Crippen molar-refractivity contribution in [1.82, 2.24) is 4.98 Å². The van der Waals surface area contributed by atoms with E-state index in [1.807, 2.05) is 42.5 Å². The summed E-state index contributed by atoms with van der Waals surface area (Å²) >= 11 is 1.49. The fourth-order valence-corrected chi connectivity index (χ4v) is 3.87. The van der Waals surface area contributed by atoms with Gasteiger partial charge < -0.3 is 10.1 Å². The molecule has 0 radical (unpaired) electrons. The third-order valence-electron chi connectivity index (χ3n) is 4.30. The Labute approximate surface area is 176 Å². The van der Waals surface area contributed by atoms with Gasteiger partial charge in [0, 0.05) is 11.3 Å². The number of hydrogen-bond acceptors (Lipinski definition) is 6. The summed E-state index contributed by atoms with van der Waals surface area (Å²) < 4.78 is 6.24. The molecule has 0 unspecified atom stereocenters. The molecule has 4 rings (SSSR count). The van der Waals surface area contributed by atoms with Crippen LogP contribution >= 0.6 is 11.3 Å². The van der Waals surface area contributed by atoms with Gasteiger partial charge in [-0.05, 0) is 42.5 Å². The summed E-state index contributed by atoms with van der Waals surface area (Å²) in [5, 5.41) is 12.2. The van der Waals surface area contributed by atoms with Crippen LogP contribution in [0.1, 0.15) is 15.9 Å². The molecule has 1 N–H and O–H groups in total. The van der Waals surface area contributed by atoms with Crippen LogP contribution in [0, 0.1) is 11.3 Å². The minimum absolute atomic E-state index is 0.350. The molecular weight excluding hydrogens is 398 g/mol. The molecule has 0 atom stereocenters. The summed E-state index contributed by atoms with van der Waals surface area (Å²) in [6.45, 7) is -0.424. The van der Waals surface area contributed by atoms with Gasteiger partial charge in [0.15, 0.2) is 6.61 Å². The zero-order valence-electron chi connectivity index (χ0n) is 15.7. The largest absolute Gasteiger partial charge is 0.452 e. The summed E-state index contributed by atoms with van der Waals surface area (Å²) in [4.78, 5) is 29.3. The molecule has 0 aliphatic heterocycles. The van der Waals surface area contributed by atoms with Gasteiger partial charge in [0.1, 0.15) is 5.01 Å². The molecule has 1 aromatic heterocycles. The average Bonchev–Trinajstić information content (AvgIpc) is 3.22. The summed E-state index contributed by atoms with van der Waals surface area (Å²) in [5.41, 5.74) is 2.89. The fraction of sp³-hybridized carbons (Fsp3) is 0.0435. The molecule has 0 bridgehead atoms. The van der Waals surface area contributed by atoms with Crippen molar-refractivity contribution in [3.63, 3.8) is 0 Å². The minimum Gasteiger partial charge on any atom is -0.452 e. The van der Waals surface area contributed by atoms with E-state index in [1.165, 1.54) is 11.3 Å². The third-order valence-corrected chi connectivity index (χ3v) is 5.37. The van der Waals surface area contributed by atoms with E-state index in [0.29, 0.717) is 27.4 Å². The number of hydrogen-bond donors (Lipinski definition) is 1. The first-order valence-corrected chi connectivity index (χ1v) is 9.88. The SMILES string of the molecule is N#Cc1ccc(NC(=O)COC(=O)c2ccccc2-c2nc3ccccc3s2)cc1. The van der Waals surface area contributed by atoms with E-state index in [-0.39, 0.29) is 0 Å². The number of benzene rings is 3. The predicted octanol–water partition coefficient (Wildman–Crippen LogP) is 4.63. The van der Waals surface area contributed by atoms with Gasteiger partial charge in [0.25, 0.3) is 5.91 Å². The van der Waals surface area contributed by atoms with Gasteiger partial charge in [0.05, 0.1) is 27.4 Å². The molecule has 7 heteroatoms. The Morgan fingerprint density at radius 3 is 2.50 bits per heavy atom. The van der Waals surface area contributed by atoms with Gasteiger partial charge >= 0.3 is 5.97 Å². The van der Waals surface area contributed by atoms with Crippen molar-refractivity contribution in [3.8, 4) is 16.6 Å². The number of thiazole rings is 1. The van der Waals surface area contributed by atoms with Gasteiger partial charge in [-0.2, -0.15) is 5.26 Å². The van der Waals surface area contributed by atoms with Crippen LogP contribution in [0.25, 0.3) is 20.8 Å². The second-order valence-corrected chi connectivity index (χ2v) is 7.38. The maximum Gasteiger partial charge on any atom is 0.339 e. The minimum atomic E-state index is -0.597. The molecule has 1 heterocycles. The van der Waals surface area contributed by atoms with Crippen LogP contribution in [0.4, 0.5) is 5.69 Å². The predicted molar refractivity (Wildman–Crippen MR) is 115 cm³/mol. The van der Waals surface area contributed by atoms with Crippen molar-refractivity contribution in [3.05, 3.63) is 83.9 Å². The Hall–Kier alpha value is -4.02. The number of amides is 1. The number of ether oxygens (including phenoxy) is 1. The number of esters is 1. The topological polar surface area (TPSA) is 92.1 Å². The van der Waals surface area contributed by atoms with Crippen molar-refractivity contribution in [2.24, 2.45) is 0 Å². The number of fused-ring (bicyclic) bond motifs is 1. The van der Waals surface area contributed by atoms with Crippen molar-refractivity contribution >= 4 is 39.1 Å². The van der Waals surface area contributed by atoms with Gasteiger partial charge in [-0.3, -0.25) is 4.79 Å². The highest BCUT2D eigenvalue weighted by atomic mass is 32.1. The molecule has 146 valence electrons. The number of carbonyl (C=O) groups excluding carboxylic acids is 2. The number of nitrogens with one attached hydrogen (secondary N) is 1. The molecule has 0 aliphatic rings. The lowest BCUT2D eigenvalue weighted by Gasteiger charge is -2.09. The Morgan fingerprint density at radius 2 is 1.73 bits per heavy atom. The number of para-hydroxylation sites is 1. The lowest BCUT2D eigenvalue weighted by Crippen LogP contribution is -2.21. The molecule has 4 aromatic rings. The van der Waals surface area contributed by atoms with Gasteiger partial charge in [-0.25, -0.2) is 9.78 Å². The molecular formula is C23H15N3O3S. The quantitative estimate of drug-likeness (QED) is 0.482. The lowest BCUT2D eigenvalue weighted by molar-refractivity contribution is -0.119. The van der Waals surface area contributed by atoms with Crippen LogP contribution in [-0.2, 0) is 9.53 Å². The zero-order valence-corrected chi connectivity index (χ0v) is 16.5. The lowest BCUT2D eigenvalue weighted by atomic mass is 10.1. The second kappa shape index (κ2) is 8.55. The first-order valence-electron chi connectivity index (χ1n) is 9.06. The van der Waals surface area contributed by atoms with Crippen LogP contribution in [-0.4, -0.2) is 23.5 Å². The van der Waals surface area contributed by atoms with Gasteiger partial charge in [-0.1, -0.05) is 30.3 Å². The smallest absolute Gasteiger partial charge is 0.339 e. The van der Waals surface area contributed by atoms with E-state index < -0.39 is 18.5 Å². The molecule has 0 fully saturated rings. The first kappa shape index (κ1) is 19.3. The summed E-state index contributed by atoms with van der Waals surface area (Å²) in [5.74, 6) is -1.06. The Bertz CT molecular complexity index is 1240. The number of nitrogens with zero attached hydrogens (tertiary/aromatic N) is 2. The van der Waals surface area contributed by atoms with Crippen LogP contribution in [0.5, 0.6) is 0 Å². The summed E-state index contributed by atoms with van der Waals surface area (Å²) in [7, 11) is 0. The van der Waals surface area contributed by atoms with E-state index in [2.05, 4.69) is 10.3 Å². The third kappa shape index (κ3) is 4.19. The van der Waals surface area contributed by atoms with Crippen LogP contribution < -0.4 is 5.32 Å². The van der Waals surface area contributed by atoms with Crippen LogP contribution in [0.2, 0.25) is 0 Å². The van der Waals surface area contributed by atoms with Crippen LogP contribution in [0.3, 0.4) is 0 Å². The van der Waals surface area contributed by atoms with E-state index in [0.717, 1.165) is 10.2 Å². The van der Waals surface area contributed by atoms with E-state index >= 15 is 0 Å². The number of rotatable bonds is 5. The average molecular weight is 413 g/mol. The van der Waals surface area contributed by atoms with E-state index in [9.17, 15) is 9.59 Å². The van der Waals surface area contributed by atoms with Crippen molar-refractivity contribution < 1.29 is 14.3 Å². The second-order valence-electron chi connectivity index (χ2n) is 6.35. The Balaban J connectivity index is 1.46. The van der Waals surface area contributed by atoms with Gasteiger partial charge in [0.2, 0.25) is 0 Å². The zero-order chi connectivity index (χ0) is 20.9. The van der Waals surface area contributed by atoms with Crippen molar-refractivity contribution in [2.45, 2.75) is 0 Å². The molecule has 0 saturated heterocycles. The molecule has 30 heavy (non-hydrogen) atoms. The maximum atomic E-state index is 12.6. The summed E-state index contributed by atoms with van der Waals surface area (Å²) in [6.07, 6.45) is 0. The van der Waals surface area contributed by atoms with Crippen LogP contribution in [0.15, 0.2) is 72.8 Å². The monoisotopic (exact) mass is 413 g/mol. The fourth-order valence-electron chi connectivity index (χ4n) is 2.87. The maximum absolute atomic E-state index is 12.6. The highest BCUT2D eigenvalue weighted by Gasteiger charge is 2.18. The molecule has 0 saturated carbocycles.